The Morgan fingerprint density at radius 1 is 1.71 bits per heavy atom. The van der Waals surface area contributed by atoms with Crippen LogP contribution in [0.5, 0.6) is 0 Å². The number of hydrogen-bond donors (Lipinski definition) is 0. The average molecular weight is 98.1 g/mol. The lowest BCUT2D eigenvalue weighted by atomic mass is 10.1. The Morgan fingerprint density at radius 3 is 2.29 bits per heavy atom. The van der Waals surface area contributed by atoms with E-state index >= 15 is 0 Å². The minimum absolute atomic E-state index is 0.306. The monoisotopic (exact) mass is 98.1 g/mol. The summed E-state index contributed by atoms with van der Waals surface area (Å²) in [6.45, 7) is -0.330. The van der Waals surface area contributed by atoms with E-state index in [1.54, 1.807) is 0 Å². The van der Waals surface area contributed by atoms with E-state index in [0.29, 0.717) is 0 Å². The molecule has 0 atom stereocenters. The van der Waals surface area contributed by atoms with Crippen LogP contribution in [-0.2, 0) is 0 Å². The van der Waals surface area contributed by atoms with Crippen LogP contribution in [0, 0.1) is 17.8 Å². The highest BCUT2D eigenvalue weighted by Crippen LogP contribution is 2.44. The van der Waals surface area contributed by atoms with Crippen LogP contribution in [0.25, 0.3) is 0 Å². The molecule has 0 N–H and O–H groups in total. The molecule has 1 aliphatic rings. The van der Waals surface area contributed by atoms with E-state index in [1.807, 2.05) is 0 Å². The summed E-state index contributed by atoms with van der Waals surface area (Å²) in [6.07, 6.45) is 6.77. The van der Waals surface area contributed by atoms with Gasteiger partial charge in [-0.15, -0.1) is 6.42 Å². The second-order valence-corrected chi connectivity index (χ2v) is 2.06. The van der Waals surface area contributed by atoms with Crippen LogP contribution >= 0.6 is 0 Å². The van der Waals surface area contributed by atoms with Crippen molar-refractivity contribution in [3.63, 3.8) is 0 Å². The van der Waals surface area contributed by atoms with Gasteiger partial charge in [-0.25, -0.2) is 4.39 Å². The Bertz CT molecular complexity index is 106. The quantitative estimate of drug-likeness (QED) is 0.434. The van der Waals surface area contributed by atoms with Crippen molar-refractivity contribution in [2.75, 3.05) is 6.67 Å². The van der Waals surface area contributed by atoms with Gasteiger partial charge in [0.1, 0.15) is 6.67 Å². The van der Waals surface area contributed by atoms with Crippen LogP contribution in [0.15, 0.2) is 0 Å². The van der Waals surface area contributed by atoms with Gasteiger partial charge >= 0.3 is 0 Å². The number of rotatable bonds is 1. The summed E-state index contributed by atoms with van der Waals surface area (Å²) in [4.78, 5) is 0. The molecule has 0 radical (unpaired) electrons. The lowest BCUT2D eigenvalue weighted by molar-refractivity contribution is 0.407. The Labute approximate surface area is 42.7 Å². The normalized spacial score (nSPS) is 23.4. The average Bonchev–Trinajstić information content (AvgIpc) is 2.46. The molecule has 1 heteroatoms. The lowest BCUT2D eigenvalue weighted by Crippen LogP contribution is -1.95. The first-order valence-electron chi connectivity index (χ1n) is 2.37. The van der Waals surface area contributed by atoms with E-state index in [9.17, 15) is 4.39 Å². The topological polar surface area (TPSA) is 0 Å². The number of terminal acetylenes is 1. The van der Waals surface area contributed by atoms with Crippen molar-refractivity contribution >= 4 is 0 Å². The van der Waals surface area contributed by atoms with Gasteiger partial charge in [-0.05, 0) is 12.8 Å². The number of hydrogen-bond acceptors (Lipinski definition) is 0. The van der Waals surface area contributed by atoms with E-state index in [1.165, 1.54) is 0 Å². The van der Waals surface area contributed by atoms with Crippen molar-refractivity contribution in [2.45, 2.75) is 12.8 Å². The molecular weight excluding hydrogens is 91.1 g/mol. The summed E-state index contributed by atoms with van der Waals surface area (Å²) in [6, 6.07) is 0. The zero-order valence-corrected chi connectivity index (χ0v) is 4.08. The number of halogens is 1. The third-order valence-corrected chi connectivity index (χ3v) is 1.42. The van der Waals surface area contributed by atoms with E-state index in [4.69, 9.17) is 6.42 Å². The van der Waals surface area contributed by atoms with Crippen LogP contribution < -0.4 is 0 Å². The van der Waals surface area contributed by atoms with Crippen molar-refractivity contribution in [3.8, 4) is 12.3 Å². The van der Waals surface area contributed by atoms with Gasteiger partial charge in [0.15, 0.2) is 0 Å². The molecule has 1 aliphatic carbocycles. The molecule has 0 aromatic heterocycles. The van der Waals surface area contributed by atoms with Crippen LogP contribution in [0.4, 0.5) is 4.39 Å². The second-order valence-electron chi connectivity index (χ2n) is 2.06. The third kappa shape index (κ3) is 0.608. The Kier molecular flexibility index (Phi) is 0.815. The predicted molar refractivity (Wildman–Crippen MR) is 26.5 cm³/mol. The standard InChI is InChI=1S/C6H7F/c1-2-6(5-7)3-4-6/h1H,3-5H2. The van der Waals surface area contributed by atoms with E-state index in [2.05, 4.69) is 5.92 Å². The maximum absolute atomic E-state index is 11.7. The van der Waals surface area contributed by atoms with Crippen molar-refractivity contribution in [2.24, 2.45) is 5.41 Å². The smallest absolute Gasteiger partial charge is 0.106 e. The molecular formula is C6H7F. The highest BCUT2D eigenvalue weighted by molar-refractivity contribution is 5.14. The van der Waals surface area contributed by atoms with Gasteiger partial charge in [-0.1, -0.05) is 5.92 Å². The van der Waals surface area contributed by atoms with Crippen molar-refractivity contribution in [1.82, 2.24) is 0 Å². The maximum atomic E-state index is 11.7. The van der Waals surface area contributed by atoms with E-state index < -0.39 is 0 Å². The van der Waals surface area contributed by atoms with Crippen molar-refractivity contribution in [3.05, 3.63) is 0 Å². The van der Waals surface area contributed by atoms with Crippen molar-refractivity contribution < 1.29 is 4.39 Å². The van der Waals surface area contributed by atoms with Gasteiger partial charge in [-0.2, -0.15) is 0 Å². The first kappa shape index (κ1) is 4.64. The zero-order valence-electron chi connectivity index (χ0n) is 4.08. The summed E-state index contributed by atoms with van der Waals surface area (Å²) in [5, 5.41) is 0. The second kappa shape index (κ2) is 1.23. The predicted octanol–water partition coefficient (Wildman–Crippen LogP) is 1.37. The zero-order chi connectivity index (χ0) is 5.33. The van der Waals surface area contributed by atoms with Gasteiger partial charge in [0, 0.05) is 0 Å². The van der Waals surface area contributed by atoms with Crippen LogP contribution in [0.2, 0.25) is 0 Å². The largest absolute Gasteiger partial charge is 0.249 e. The molecule has 0 amide bonds. The van der Waals surface area contributed by atoms with E-state index in [0.717, 1.165) is 12.8 Å². The molecule has 0 spiro atoms. The molecule has 0 aliphatic heterocycles. The third-order valence-electron chi connectivity index (χ3n) is 1.42. The highest BCUT2D eigenvalue weighted by atomic mass is 19.1. The molecule has 0 aromatic rings. The lowest BCUT2D eigenvalue weighted by Gasteiger charge is -1.93. The maximum Gasteiger partial charge on any atom is 0.106 e. The summed E-state index contributed by atoms with van der Waals surface area (Å²) in [5.41, 5.74) is -0.306. The van der Waals surface area contributed by atoms with Gasteiger partial charge in [0.05, 0.1) is 5.41 Å². The summed E-state index contributed by atoms with van der Waals surface area (Å²) in [7, 11) is 0. The minimum atomic E-state index is -0.330. The fourth-order valence-electron chi connectivity index (χ4n) is 0.467. The molecule has 1 rings (SSSR count). The molecule has 0 heterocycles. The molecule has 0 unspecified atom stereocenters. The number of alkyl halides is 1. The van der Waals surface area contributed by atoms with Crippen LogP contribution in [0.1, 0.15) is 12.8 Å². The van der Waals surface area contributed by atoms with Gasteiger partial charge < -0.3 is 0 Å². The Balaban J connectivity index is 2.47. The fourth-order valence-corrected chi connectivity index (χ4v) is 0.467. The summed E-state index contributed by atoms with van der Waals surface area (Å²) >= 11 is 0. The Morgan fingerprint density at radius 2 is 2.29 bits per heavy atom. The SMILES string of the molecule is C#CC1(CF)CC1. The molecule has 0 saturated heterocycles. The van der Waals surface area contributed by atoms with Gasteiger partial charge in [-0.3, -0.25) is 0 Å². The minimum Gasteiger partial charge on any atom is -0.249 e. The highest BCUT2D eigenvalue weighted by Gasteiger charge is 2.40. The molecule has 0 bridgehead atoms. The van der Waals surface area contributed by atoms with Gasteiger partial charge in [0.2, 0.25) is 0 Å². The first-order valence-corrected chi connectivity index (χ1v) is 2.37. The molecule has 1 fully saturated rings. The van der Waals surface area contributed by atoms with E-state index in [-0.39, 0.29) is 12.1 Å². The molecule has 0 nitrogen and oxygen atoms in total. The van der Waals surface area contributed by atoms with Crippen LogP contribution in [-0.4, -0.2) is 6.67 Å². The summed E-state index contributed by atoms with van der Waals surface area (Å²) in [5.74, 6) is 2.43. The molecule has 38 valence electrons. The molecule has 7 heavy (non-hydrogen) atoms. The van der Waals surface area contributed by atoms with Gasteiger partial charge in [0.25, 0.3) is 0 Å². The summed E-state index contributed by atoms with van der Waals surface area (Å²) < 4.78 is 11.7. The molecule has 1 saturated carbocycles. The first-order chi connectivity index (χ1) is 3.33. The molecule has 0 aromatic carbocycles. The Hall–Kier alpha value is -0.510. The van der Waals surface area contributed by atoms with Crippen molar-refractivity contribution in [1.29, 1.82) is 0 Å². The van der Waals surface area contributed by atoms with Crippen LogP contribution in [0.3, 0.4) is 0 Å². The fraction of sp³-hybridized carbons (Fsp3) is 0.667.